The molecule has 3 amide bonds. The minimum Gasteiger partial charge on any atom is -0.497 e. The van der Waals surface area contributed by atoms with Crippen molar-refractivity contribution in [2.75, 3.05) is 25.5 Å². The molecule has 5 rings (SSSR count). The average Bonchev–Trinajstić information content (AvgIpc) is 3.39. The zero-order chi connectivity index (χ0) is 22.6. The van der Waals surface area contributed by atoms with Gasteiger partial charge < -0.3 is 15.0 Å². The van der Waals surface area contributed by atoms with E-state index < -0.39 is 34.3 Å². The van der Waals surface area contributed by atoms with Crippen molar-refractivity contribution in [3.8, 4) is 5.75 Å². The maximum Gasteiger partial charge on any atom is 0.336 e. The highest BCUT2D eigenvalue weighted by Crippen LogP contribution is 2.42. The Balaban J connectivity index is 1.37. The Morgan fingerprint density at radius 1 is 1.22 bits per heavy atom. The number of carbonyl (C=O) groups excluding carboxylic acids is 2. The van der Waals surface area contributed by atoms with E-state index in [0.29, 0.717) is 10.8 Å². The van der Waals surface area contributed by atoms with E-state index in [1.54, 1.807) is 12.0 Å². The molecule has 32 heavy (non-hydrogen) atoms. The van der Waals surface area contributed by atoms with E-state index in [1.165, 1.54) is 6.07 Å². The highest BCUT2D eigenvalue weighted by atomic mass is 32.2. The molecule has 166 valence electrons. The second-order valence-corrected chi connectivity index (χ2v) is 9.82. The summed E-state index contributed by atoms with van der Waals surface area (Å²) in [7, 11) is -2.77. The summed E-state index contributed by atoms with van der Waals surface area (Å²) in [5.41, 5.74) is 1.95. The number of urea groups is 1. The first-order chi connectivity index (χ1) is 15.3. The lowest BCUT2D eigenvalue weighted by molar-refractivity contribution is -0.131. The monoisotopic (exact) mass is 457 g/mol. The van der Waals surface area contributed by atoms with Gasteiger partial charge in [0.2, 0.25) is 5.91 Å². The minimum atomic E-state index is -4.36. The van der Waals surface area contributed by atoms with Gasteiger partial charge in [0.15, 0.2) is 0 Å². The molecule has 2 atom stereocenters. The highest BCUT2D eigenvalue weighted by molar-refractivity contribution is 7.90. The smallest absolute Gasteiger partial charge is 0.336 e. The van der Waals surface area contributed by atoms with Crippen LogP contribution in [0.25, 0.3) is 5.57 Å². The van der Waals surface area contributed by atoms with E-state index in [2.05, 4.69) is 11.4 Å². The third kappa shape index (κ3) is 3.22. The SMILES string of the molecule is COc1ccc(C2=C[C@H]3C[C@@H]2N(C(=O)CN2C(=O)Nc4ccc(F)cc4S2(=O)=O)C3)cc1. The van der Waals surface area contributed by atoms with Crippen molar-refractivity contribution < 1.29 is 27.1 Å². The molecule has 0 spiro atoms. The van der Waals surface area contributed by atoms with Crippen molar-refractivity contribution in [2.24, 2.45) is 5.92 Å². The first kappa shape index (κ1) is 20.5. The molecular formula is C22H20FN3O5S. The molecule has 0 radical (unpaired) electrons. The Hall–Kier alpha value is -3.40. The van der Waals surface area contributed by atoms with E-state index in [1.807, 2.05) is 24.3 Å². The fourth-order valence-electron chi connectivity index (χ4n) is 4.59. The number of ether oxygens (including phenoxy) is 1. The van der Waals surface area contributed by atoms with Gasteiger partial charge in [-0.05, 0) is 53.8 Å². The minimum absolute atomic E-state index is 0.00921. The Morgan fingerprint density at radius 2 is 1.97 bits per heavy atom. The Labute approximate surface area is 184 Å². The van der Waals surface area contributed by atoms with Gasteiger partial charge >= 0.3 is 6.03 Å². The van der Waals surface area contributed by atoms with Crippen molar-refractivity contribution in [1.82, 2.24) is 9.21 Å². The van der Waals surface area contributed by atoms with Crippen LogP contribution in [-0.4, -0.2) is 55.8 Å². The van der Waals surface area contributed by atoms with Gasteiger partial charge in [0, 0.05) is 6.54 Å². The van der Waals surface area contributed by atoms with Gasteiger partial charge in [-0.1, -0.05) is 18.2 Å². The van der Waals surface area contributed by atoms with Crippen LogP contribution in [0.15, 0.2) is 53.4 Å². The van der Waals surface area contributed by atoms with Crippen LogP contribution in [0.1, 0.15) is 12.0 Å². The zero-order valence-electron chi connectivity index (χ0n) is 17.1. The summed E-state index contributed by atoms with van der Waals surface area (Å²) in [5, 5.41) is 2.42. The molecule has 2 bridgehead atoms. The van der Waals surface area contributed by atoms with Crippen molar-refractivity contribution >= 4 is 33.2 Å². The lowest BCUT2D eigenvalue weighted by Crippen LogP contribution is -2.50. The van der Waals surface area contributed by atoms with Gasteiger partial charge in [-0.2, -0.15) is 0 Å². The highest BCUT2D eigenvalue weighted by Gasteiger charge is 2.44. The normalized spacial score (nSPS) is 22.9. The van der Waals surface area contributed by atoms with E-state index in [4.69, 9.17) is 4.74 Å². The summed E-state index contributed by atoms with van der Waals surface area (Å²) in [4.78, 5) is 26.8. The number of hydrogen-bond acceptors (Lipinski definition) is 5. The van der Waals surface area contributed by atoms with Gasteiger partial charge in [0.1, 0.15) is 23.0 Å². The molecule has 2 aromatic carbocycles. The second-order valence-electron chi connectivity index (χ2n) is 7.99. The average molecular weight is 457 g/mol. The topological polar surface area (TPSA) is 96.0 Å². The number of anilines is 1. The summed E-state index contributed by atoms with van der Waals surface area (Å²) < 4.78 is 45.2. The van der Waals surface area contributed by atoms with Crippen LogP contribution in [0.3, 0.4) is 0 Å². The van der Waals surface area contributed by atoms with Crippen LogP contribution in [0.5, 0.6) is 5.75 Å². The van der Waals surface area contributed by atoms with E-state index in [-0.39, 0.29) is 22.5 Å². The molecule has 0 saturated carbocycles. The molecule has 0 unspecified atom stereocenters. The van der Waals surface area contributed by atoms with Crippen molar-refractivity contribution in [1.29, 1.82) is 0 Å². The summed E-state index contributed by atoms with van der Waals surface area (Å²) >= 11 is 0. The van der Waals surface area contributed by atoms with E-state index in [0.717, 1.165) is 35.4 Å². The second kappa shape index (κ2) is 7.33. The third-order valence-corrected chi connectivity index (χ3v) is 7.88. The van der Waals surface area contributed by atoms with Gasteiger partial charge in [-0.25, -0.2) is 21.9 Å². The number of sulfonamides is 1. The largest absolute Gasteiger partial charge is 0.497 e. The third-order valence-electron chi connectivity index (χ3n) is 6.11. The maximum atomic E-state index is 13.6. The Kier molecular flexibility index (Phi) is 4.70. The first-order valence-electron chi connectivity index (χ1n) is 10.1. The number of methoxy groups -OCH3 is 1. The van der Waals surface area contributed by atoms with Gasteiger partial charge in [-0.3, -0.25) is 4.79 Å². The number of amides is 3. The summed E-state index contributed by atoms with van der Waals surface area (Å²) in [5.74, 6) is -0.331. The van der Waals surface area contributed by atoms with Gasteiger partial charge in [0.25, 0.3) is 10.0 Å². The lowest BCUT2D eigenvalue weighted by atomic mass is 10.00. The molecule has 0 aromatic heterocycles. The Bertz CT molecular complexity index is 1260. The van der Waals surface area contributed by atoms with Gasteiger partial charge in [-0.15, -0.1) is 0 Å². The molecule has 2 aromatic rings. The number of halogens is 1. The lowest BCUT2D eigenvalue weighted by Gasteiger charge is -2.33. The standard InChI is InChI=1S/C22H20FN3O5S/c1-31-16-5-2-14(3-6-16)17-8-13-9-19(17)25(11-13)21(27)12-26-22(28)24-18-7-4-15(23)10-20(18)32(26,29)30/h2-8,10,13,19H,9,11-12H2,1H3,(H,24,28)/t13-,19-/m0/s1. The van der Waals surface area contributed by atoms with Crippen LogP contribution < -0.4 is 10.1 Å². The molecule has 1 N–H and O–H groups in total. The van der Waals surface area contributed by atoms with E-state index >= 15 is 0 Å². The fraction of sp³-hybridized carbons (Fsp3) is 0.273. The number of hydrogen-bond donors (Lipinski definition) is 1. The number of fused-ring (bicyclic) bond motifs is 3. The molecular weight excluding hydrogens is 437 g/mol. The van der Waals surface area contributed by atoms with Gasteiger partial charge in [0.05, 0.1) is 18.8 Å². The molecule has 8 nitrogen and oxygen atoms in total. The quantitative estimate of drug-likeness (QED) is 0.762. The number of likely N-dealkylation sites (tertiary alicyclic amines) is 1. The molecule has 1 saturated heterocycles. The predicted octanol–water partition coefficient (Wildman–Crippen LogP) is 2.68. The molecule has 1 fully saturated rings. The predicted molar refractivity (Wildman–Crippen MR) is 114 cm³/mol. The molecule has 2 heterocycles. The number of carbonyl (C=O) groups is 2. The van der Waals surface area contributed by atoms with Crippen LogP contribution in [0.4, 0.5) is 14.9 Å². The summed E-state index contributed by atoms with van der Waals surface area (Å²) in [6.07, 6.45) is 2.89. The van der Waals surface area contributed by atoms with Crippen molar-refractivity contribution in [3.63, 3.8) is 0 Å². The van der Waals surface area contributed by atoms with Crippen LogP contribution in [0.2, 0.25) is 0 Å². The number of nitrogens with zero attached hydrogens (tertiary/aromatic N) is 2. The van der Waals surface area contributed by atoms with Crippen molar-refractivity contribution in [3.05, 3.63) is 59.9 Å². The number of rotatable bonds is 4. The number of benzene rings is 2. The molecule has 10 heteroatoms. The van der Waals surface area contributed by atoms with Crippen LogP contribution >= 0.6 is 0 Å². The fourth-order valence-corrected chi connectivity index (χ4v) is 6.03. The van der Waals surface area contributed by atoms with Crippen molar-refractivity contribution in [2.45, 2.75) is 17.4 Å². The van der Waals surface area contributed by atoms with Crippen LogP contribution in [0, 0.1) is 11.7 Å². The summed E-state index contributed by atoms with van der Waals surface area (Å²) in [6.45, 7) is -0.187. The molecule has 1 aliphatic carbocycles. The molecule has 3 aliphatic rings. The zero-order valence-corrected chi connectivity index (χ0v) is 17.9. The van der Waals surface area contributed by atoms with Crippen LogP contribution in [-0.2, 0) is 14.8 Å². The van der Waals surface area contributed by atoms with E-state index in [9.17, 15) is 22.4 Å². The number of nitrogens with one attached hydrogen (secondary N) is 1. The summed E-state index contributed by atoms with van der Waals surface area (Å²) in [6, 6.07) is 9.47. The Morgan fingerprint density at radius 3 is 2.66 bits per heavy atom. The first-order valence-corrected chi connectivity index (χ1v) is 11.5. The maximum absolute atomic E-state index is 13.6. The molecule has 2 aliphatic heterocycles.